The van der Waals surface area contributed by atoms with E-state index in [9.17, 15) is 0 Å². The summed E-state index contributed by atoms with van der Waals surface area (Å²) in [6, 6.07) is 16.0. The fraction of sp³-hybridized carbons (Fsp3) is 0.368. The average molecular weight is 310 g/mol. The number of piperidine rings is 1. The first-order valence-electron chi connectivity index (χ1n) is 8.17. The van der Waals surface area contributed by atoms with Crippen LogP contribution in [0.3, 0.4) is 0 Å². The topological polar surface area (TPSA) is 15.3 Å². The summed E-state index contributed by atoms with van der Waals surface area (Å²) in [6.07, 6.45) is 5.19. The molecule has 1 saturated heterocycles. The highest BCUT2D eigenvalue weighted by Gasteiger charge is 2.23. The molecule has 3 heteroatoms. The number of para-hydroxylation sites is 2. The van der Waals surface area contributed by atoms with Crippen LogP contribution in [-0.2, 0) is 6.42 Å². The normalized spacial score (nSPS) is 20.9. The summed E-state index contributed by atoms with van der Waals surface area (Å²) in [4.78, 5) is 5.21. The van der Waals surface area contributed by atoms with Crippen LogP contribution in [0.1, 0.15) is 24.8 Å². The quantitative estimate of drug-likeness (QED) is 0.723. The van der Waals surface area contributed by atoms with Gasteiger partial charge in [-0.1, -0.05) is 42.4 Å². The smallest absolute Gasteiger partial charge is 0.0559 e. The van der Waals surface area contributed by atoms with Crippen LogP contribution in [0.4, 0.5) is 11.4 Å². The molecule has 2 aromatic rings. The SMILES string of the molecule is CN1CCCC[C@@H]1Cc1cccc2c1Nc1ccccc1S2. The van der Waals surface area contributed by atoms with Gasteiger partial charge < -0.3 is 10.2 Å². The number of nitrogens with zero attached hydrogens (tertiary/aromatic N) is 1. The number of fused-ring (bicyclic) bond motifs is 2. The molecule has 0 spiro atoms. The average Bonchev–Trinajstić information content (AvgIpc) is 2.55. The van der Waals surface area contributed by atoms with Crippen molar-refractivity contribution in [1.82, 2.24) is 4.90 Å². The maximum Gasteiger partial charge on any atom is 0.0559 e. The van der Waals surface area contributed by atoms with E-state index in [0.717, 1.165) is 6.42 Å². The van der Waals surface area contributed by atoms with E-state index in [1.807, 2.05) is 11.8 Å². The van der Waals surface area contributed by atoms with E-state index in [-0.39, 0.29) is 0 Å². The Bertz CT molecular complexity index is 683. The fourth-order valence-electron chi connectivity index (χ4n) is 3.54. The minimum atomic E-state index is 0.684. The zero-order chi connectivity index (χ0) is 14.9. The Morgan fingerprint density at radius 3 is 2.86 bits per heavy atom. The van der Waals surface area contributed by atoms with Crippen molar-refractivity contribution in [2.75, 3.05) is 18.9 Å². The summed E-state index contributed by atoms with van der Waals surface area (Å²) in [5.41, 5.74) is 4.02. The molecule has 0 radical (unpaired) electrons. The van der Waals surface area contributed by atoms with Gasteiger partial charge in [-0.2, -0.15) is 0 Å². The largest absolute Gasteiger partial charge is 0.353 e. The molecule has 1 N–H and O–H groups in total. The summed E-state index contributed by atoms with van der Waals surface area (Å²) < 4.78 is 0. The van der Waals surface area contributed by atoms with Crippen molar-refractivity contribution in [3.8, 4) is 0 Å². The molecule has 1 atom stereocenters. The van der Waals surface area contributed by atoms with Gasteiger partial charge in [0.15, 0.2) is 0 Å². The molecule has 1 fully saturated rings. The minimum Gasteiger partial charge on any atom is -0.353 e. The van der Waals surface area contributed by atoms with Gasteiger partial charge in [0.25, 0.3) is 0 Å². The van der Waals surface area contributed by atoms with Crippen LogP contribution < -0.4 is 5.32 Å². The standard InChI is InChI=1S/C19H22N2S/c1-21-12-5-4-8-15(21)13-14-7-6-11-18-19(14)20-16-9-2-3-10-17(16)22-18/h2-3,6-7,9-11,15,20H,4-5,8,12-13H2,1H3/t15-/m1/s1. The maximum absolute atomic E-state index is 3.67. The van der Waals surface area contributed by atoms with Gasteiger partial charge in [-0.15, -0.1) is 0 Å². The fourth-order valence-corrected chi connectivity index (χ4v) is 4.58. The van der Waals surface area contributed by atoms with E-state index in [4.69, 9.17) is 0 Å². The molecule has 114 valence electrons. The number of nitrogens with one attached hydrogen (secondary N) is 1. The molecule has 2 aromatic carbocycles. The zero-order valence-corrected chi connectivity index (χ0v) is 13.8. The van der Waals surface area contributed by atoms with E-state index in [1.165, 1.54) is 52.5 Å². The third kappa shape index (κ3) is 2.64. The molecule has 0 aromatic heterocycles. The third-order valence-electron chi connectivity index (χ3n) is 4.86. The number of rotatable bonds is 2. The summed E-state index contributed by atoms with van der Waals surface area (Å²) in [5, 5.41) is 3.67. The Hall–Kier alpha value is -1.45. The van der Waals surface area contributed by atoms with Gasteiger partial charge >= 0.3 is 0 Å². The van der Waals surface area contributed by atoms with E-state index >= 15 is 0 Å². The van der Waals surface area contributed by atoms with Gasteiger partial charge in [-0.05, 0) is 56.6 Å². The van der Waals surface area contributed by atoms with Crippen LogP contribution in [0.25, 0.3) is 0 Å². The highest BCUT2D eigenvalue weighted by molar-refractivity contribution is 7.99. The van der Waals surface area contributed by atoms with Crippen LogP contribution in [-0.4, -0.2) is 24.5 Å². The summed E-state index contributed by atoms with van der Waals surface area (Å²) in [5.74, 6) is 0. The molecule has 0 saturated carbocycles. The number of likely N-dealkylation sites (tertiary alicyclic amines) is 1. The van der Waals surface area contributed by atoms with Gasteiger partial charge in [-0.3, -0.25) is 0 Å². The first-order valence-corrected chi connectivity index (χ1v) is 8.99. The van der Waals surface area contributed by atoms with Crippen molar-refractivity contribution in [1.29, 1.82) is 0 Å². The molecule has 22 heavy (non-hydrogen) atoms. The number of hydrogen-bond acceptors (Lipinski definition) is 3. The second-order valence-corrected chi connectivity index (χ2v) is 7.43. The number of likely N-dealkylation sites (N-methyl/N-ethyl adjacent to an activating group) is 1. The predicted octanol–water partition coefficient (Wildman–Crippen LogP) is 4.92. The molecule has 2 aliphatic rings. The van der Waals surface area contributed by atoms with Crippen molar-refractivity contribution in [3.63, 3.8) is 0 Å². The monoisotopic (exact) mass is 310 g/mol. The molecular weight excluding hydrogens is 288 g/mol. The Balaban J connectivity index is 1.63. The Morgan fingerprint density at radius 1 is 1.09 bits per heavy atom. The number of anilines is 2. The lowest BCUT2D eigenvalue weighted by Crippen LogP contribution is -2.37. The van der Waals surface area contributed by atoms with Crippen LogP contribution >= 0.6 is 11.8 Å². The first-order chi connectivity index (χ1) is 10.8. The van der Waals surface area contributed by atoms with E-state index in [0.29, 0.717) is 6.04 Å². The molecular formula is C19H22N2S. The van der Waals surface area contributed by atoms with E-state index in [2.05, 4.69) is 59.7 Å². The summed E-state index contributed by atoms with van der Waals surface area (Å²) in [6.45, 7) is 1.24. The maximum atomic E-state index is 3.67. The molecule has 2 heterocycles. The summed E-state index contributed by atoms with van der Waals surface area (Å²) in [7, 11) is 2.27. The molecule has 2 aliphatic heterocycles. The van der Waals surface area contributed by atoms with E-state index in [1.54, 1.807) is 0 Å². The third-order valence-corrected chi connectivity index (χ3v) is 5.99. The van der Waals surface area contributed by atoms with Gasteiger partial charge in [0.2, 0.25) is 0 Å². The van der Waals surface area contributed by atoms with Crippen LogP contribution in [0.15, 0.2) is 52.3 Å². The lowest BCUT2D eigenvalue weighted by Gasteiger charge is -2.33. The molecule has 0 bridgehead atoms. The number of benzene rings is 2. The lowest BCUT2D eigenvalue weighted by atomic mass is 9.95. The molecule has 2 nitrogen and oxygen atoms in total. The highest BCUT2D eigenvalue weighted by Crippen LogP contribution is 2.45. The lowest BCUT2D eigenvalue weighted by molar-refractivity contribution is 0.185. The van der Waals surface area contributed by atoms with Gasteiger partial charge in [-0.25, -0.2) is 0 Å². The molecule has 0 unspecified atom stereocenters. The Kier molecular flexibility index (Phi) is 3.85. The summed E-state index contributed by atoms with van der Waals surface area (Å²) >= 11 is 1.88. The Morgan fingerprint density at radius 2 is 1.95 bits per heavy atom. The van der Waals surface area contributed by atoms with Crippen molar-refractivity contribution >= 4 is 23.1 Å². The van der Waals surface area contributed by atoms with Gasteiger partial charge in [0, 0.05) is 15.8 Å². The van der Waals surface area contributed by atoms with Crippen molar-refractivity contribution < 1.29 is 0 Å². The molecule has 0 aliphatic carbocycles. The first kappa shape index (κ1) is 14.2. The predicted molar refractivity (Wildman–Crippen MR) is 94.3 cm³/mol. The van der Waals surface area contributed by atoms with Gasteiger partial charge in [0.05, 0.1) is 11.4 Å². The van der Waals surface area contributed by atoms with Crippen LogP contribution in [0.2, 0.25) is 0 Å². The van der Waals surface area contributed by atoms with Crippen molar-refractivity contribution in [2.24, 2.45) is 0 Å². The van der Waals surface area contributed by atoms with Crippen LogP contribution in [0, 0.1) is 0 Å². The Labute approximate surface area is 136 Å². The van der Waals surface area contributed by atoms with Crippen molar-refractivity contribution in [2.45, 2.75) is 41.5 Å². The second kappa shape index (κ2) is 5.98. The van der Waals surface area contributed by atoms with E-state index < -0.39 is 0 Å². The second-order valence-electron chi connectivity index (χ2n) is 6.35. The molecule has 0 amide bonds. The number of hydrogen-bond donors (Lipinski definition) is 1. The minimum absolute atomic E-state index is 0.684. The molecule has 4 rings (SSSR count). The highest BCUT2D eigenvalue weighted by atomic mass is 32.2. The zero-order valence-electron chi connectivity index (χ0n) is 13.0. The van der Waals surface area contributed by atoms with Crippen LogP contribution in [0.5, 0.6) is 0 Å². The van der Waals surface area contributed by atoms with Gasteiger partial charge in [0.1, 0.15) is 0 Å². The van der Waals surface area contributed by atoms with Crippen molar-refractivity contribution in [3.05, 3.63) is 48.0 Å².